The van der Waals surface area contributed by atoms with E-state index in [0.29, 0.717) is 12.4 Å². The third kappa shape index (κ3) is 2.59. The van der Waals surface area contributed by atoms with Gasteiger partial charge in [0.1, 0.15) is 5.82 Å². The number of nitrogen functional groups attached to an aromatic ring is 1. The van der Waals surface area contributed by atoms with Crippen LogP contribution in [0.3, 0.4) is 0 Å². The zero-order valence-electron chi connectivity index (χ0n) is 8.03. The Balaban J connectivity index is 2.65. The standard InChI is InChI=1S/C9H15N3O/c1-12(6-7-13-2)8-4-3-5-11-9(8)10/h3-5H,6-7H2,1-2H3,(H2,10,11). The normalized spacial score (nSPS) is 10.0. The second kappa shape index (κ2) is 4.67. The Morgan fingerprint density at radius 1 is 1.62 bits per heavy atom. The van der Waals surface area contributed by atoms with Gasteiger partial charge in [0.25, 0.3) is 0 Å². The Morgan fingerprint density at radius 3 is 3.00 bits per heavy atom. The molecule has 0 radical (unpaired) electrons. The lowest BCUT2D eigenvalue weighted by Gasteiger charge is -2.19. The first-order valence-corrected chi connectivity index (χ1v) is 4.16. The number of likely N-dealkylation sites (N-methyl/N-ethyl adjacent to an activating group) is 1. The first kappa shape index (κ1) is 9.80. The Morgan fingerprint density at radius 2 is 2.38 bits per heavy atom. The van der Waals surface area contributed by atoms with Gasteiger partial charge in [-0.2, -0.15) is 0 Å². The molecule has 4 nitrogen and oxygen atoms in total. The summed E-state index contributed by atoms with van der Waals surface area (Å²) in [6.07, 6.45) is 1.68. The minimum atomic E-state index is 0.557. The second-order valence-electron chi connectivity index (χ2n) is 2.82. The Bertz CT molecular complexity index is 265. The van der Waals surface area contributed by atoms with Gasteiger partial charge in [0.2, 0.25) is 0 Å². The van der Waals surface area contributed by atoms with Crippen molar-refractivity contribution < 1.29 is 4.74 Å². The molecule has 1 aromatic rings. The Kier molecular flexibility index (Phi) is 3.52. The minimum absolute atomic E-state index is 0.557. The molecular formula is C9H15N3O. The molecule has 1 rings (SSSR count). The largest absolute Gasteiger partial charge is 0.383 e. The summed E-state index contributed by atoms with van der Waals surface area (Å²) in [6.45, 7) is 1.50. The van der Waals surface area contributed by atoms with Gasteiger partial charge in [0, 0.05) is 26.9 Å². The topological polar surface area (TPSA) is 51.4 Å². The molecule has 13 heavy (non-hydrogen) atoms. The summed E-state index contributed by atoms with van der Waals surface area (Å²) in [4.78, 5) is 6.02. The van der Waals surface area contributed by atoms with E-state index in [1.807, 2.05) is 24.1 Å². The van der Waals surface area contributed by atoms with Crippen molar-refractivity contribution >= 4 is 11.5 Å². The van der Waals surface area contributed by atoms with E-state index in [1.165, 1.54) is 0 Å². The van der Waals surface area contributed by atoms with Gasteiger partial charge in [-0.1, -0.05) is 0 Å². The van der Waals surface area contributed by atoms with Crippen molar-refractivity contribution in [2.45, 2.75) is 0 Å². The molecule has 4 heteroatoms. The fourth-order valence-corrected chi connectivity index (χ4v) is 1.08. The predicted molar refractivity (Wildman–Crippen MR) is 53.8 cm³/mol. The van der Waals surface area contributed by atoms with E-state index < -0.39 is 0 Å². The number of anilines is 2. The molecule has 0 spiro atoms. The second-order valence-corrected chi connectivity index (χ2v) is 2.82. The van der Waals surface area contributed by atoms with Crippen LogP contribution in [0.2, 0.25) is 0 Å². The van der Waals surface area contributed by atoms with Crippen LogP contribution in [0.15, 0.2) is 18.3 Å². The number of nitrogens with zero attached hydrogens (tertiary/aromatic N) is 2. The number of aromatic nitrogens is 1. The van der Waals surface area contributed by atoms with Crippen LogP contribution in [0.4, 0.5) is 11.5 Å². The molecule has 0 bridgehead atoms. The molecule has 2 N–H and O–H groups in total. The van der Waals surface area contributed by atoms with Gasteiger partial charge in [-0.15, -0.1) is 0 Å². The van der Waals surface area contributed by atoms with Crippen molar-refractivity contribution in [2.24, 2.45) is 0 Å². The maximum absolute atomic E-state index is 5.70. The zero-order chi connectivity index (χ0) is 9.68. The summed E-state index contributed by atoms with van der Waals surface area (Å²) in [5.41, 5.74) is 6.64. The highest BCUT2D eigenvalue weighted by molar-refractivity contribution is 5.62. The van der Waals surface area contributed by atoms with E-state index in [9.17, 15) is 0 Å². The van der Waals surface area contributed by atoms with Crippen LogP contribution >= 0.6 is 0 Å². The first-order chi connectivity index (χ1) is 6.25. The molecule has 1 heterocycles. The number of hydrogen-bond donors (Lipinski definition) is 1. The van der Waals surface area contributed by atoms with Crippen LogP contribution in [0.5, 0.6) is 0 Å². The molecule has 0 atom stereocenters. The summed E-state index contributed by atoms with van der Waals surface area (Å²) in [5, 5.41) is 0. The summed E-state index contributed by atoms with van der Waals surface area (Å²) in [5.74, 6) is 0.557. The summed E-state index contributed by atoms with van der Waals surface area (Å²) < 4.78 is 4.97. The number of rotatable bonds is 4. The highest BCUT2D eigenvalue weighted by Gasteiger charge is 2.03. The van der Waals surface area contributed by atoms with Gasteiger partial charge in [0.05, 0.1) is 12.3 Å². The molecule has 0 aliphatic carbocycles. The fourth-order valence-electron chi connectivity index (χ4n) is 1.08. The number of hydrogen-bond acceptors (Lipinski definition) is 4. The van der Waals surface area contributed by atoms with E-state index in [-0.39, 0.29) is 0 Å². The van der Waals surface area contributed by atoms with Crippen molar-refractivity contribution in [3.8, 4) is 0 Å². The van der Waals surface area contributed by atoms with Gasteiger partial charge < -0.3 is 15.4 Å². The molecular weight excluding hydrogens is 166 g/mol. The number of methoxy groups -OCH3 is 1. The third-order valence-corrected chi connectivity index (χ3v) is 1.86. The molecule has 0 saturated heterocycles. The molecule has 0 aliphatic rings. The molecule has 0 aliphatic heterocycles. The highest BCUT2D eigenvalue weighted by Crippen LogP contribution is 2.17. The lowest BCUT2D eigenvalue weighted by Crippen LogP contribution is -2.23. The van der Waals surface area contributed by atoms with E-state index >= 15 is 0 Å². The van der Waals surface area contributed by atoms with Crippen LogP contribution in [0.1, 0.15) is 0 Å². The van der Waals surface area contributed by atoms with Crippen molar-refractivity contribution in [2.75, 3.05) is 37.9 Å². The van der Waals surface area contributed by atoms with E-state index in [2.05, 4.69) is 4.98 Å². The molecule has 1 aromatic heterocycles. The van der Waals surface area contributed by atoms with Crippen molar-refractivity contribution in [3.05, 3.63) is 18.3 Å². The summed E-state index contributed by atoms with van der Waals surface area (Å²) >= 11 is 0. The van der Waals surface area contributed by atoms with Gasteiger partial charge in [0.15, 0.2) is 0 Å². The Labute approximate surface area is 78.3 Å². The maximum atomic E-state index is 5.70. The molecule has 0 fully saturated rings. The fraction of sp³-hybridized carbons (Fsp3) is 0.444. The third-order valence-electron chi connectivity index (χ3n) is 1.86. The molecule has 72 valence electrons. The average molecular weight is 181 g/mol. The maximum Gasteiger partial charge on any atom is 0.146 e. The molecule has 0 aromatic carbocycles. The van der Waals surface area contributed by atoms with Gasteiger partial charge >= 0.3 is 0 Å². The molecule has 0 saturated carbocycles. The van der Waals surface area contributed by atoms with Crippen LogP contribution in [-0.4, -0.2) is 32.3 Å². The average Bonchev–Trinajstić information content (AvgIpc) is 2.15. The number of ether oxygens (including phenoxy) is 1. The van der Waals surface area contributed by atoms with Crippen LogP contribution in [0.25, 0.3) is 0 Å². The highest BCUT2D eigenvalue weighted by atomic mass is 16.5. The zero-order valence-corrected chi connectivity index (χ0v) is 8.03. The smallest absolute Gasteiger partial charge is 0.146 e. The van der Waals surface area contributed by atoms with Crippen LogP contribution in [-0.2, 0) is 4.74 Å². The summed E-state index contributed by atoms with van der Waals surface area (Å²) in [7, 11) is 3.65. The minimum Gasteiger partial charge on any atom is -0.383 e. The lowest BCUT2D eigenvalue weighted by atomic mass is 10.3. The number of nitrogens with two attached hydrogens (primary N) is 1. The van der Waals surface area contributed by atoms with Gasteiger partial charge in [-0.05, 0) is 12.1 Å². The lowest BCUT2D eigenvalue weighted by molar-refractivity contribution is 0.206. The van der Waals surface area contributed by atoms with E-state index in [4.69, 9.17) is 10.5 Å². The van der Waals surface area contributed by atoms with Crippen LogP contribution < -0.4 is 10.6 Å². The van der Waals surface area contributed by atoms with Gasteiger partial charge in [-0.3, -0.25) is 0 Å². The monoisotopic (exact) mass is 181 g/mol. The quantitative estimate of drug-likeness (QED) is 0.744. The van der Waals surface area contributed by atoms with Crippen molar-refractivity contribution in [3.63, 3.8) is 0 Å². The molecule has 0 amide bonds. The SMILES string of the molecule is COCCN(C)c1cccnc1N. The Hall–Kier alpha value is -1.29. The van der Waals surface area contributed by atoms with Crippen LogP contribution in [0, 0.1) is 0 Å². The van der Waals surface area contributed by atoms with E-state index in [0.717, 1.165) is 12.2 Å². The summed E-state index contributed by atoms with van der Waals surface area (Å²) in [6, 6.07) is 3.81. The molecule has 0 unspecified atom stereocenters. The number of pyridine rings is 1. The van der Waals surface area contributed by atoms with Crippen molar-refractivity contribution in [1.82, 2.24) is 4.98 Å². The predicted octanol–water partition coefficient (Wildman–Crippen LogP) is 0.746. The van der Waals surface area contributed by atoms with Crippen molar-refractivity contribution in [1.29, 1.82) is 0 Å². The first-order valence-electron chi connectivity index (χ1n) is 4.16. The van der Waals surface area contributed by atoms with Gasteiger partial charge in [-0.25, -0.2) is 4.98 Å². The van der Waals surface area contributed by atoms with E-state index in [1.54, 1.807) is 13.3 Å².